The van der Waals surface area contributed by atoms with Crippen LogP contribution in [0.25, 0.3) is 0 Å². The second-order valence-corrected chi connectivity index (χ2v) is 6.80. The summed E-state index contributed by atoms with van der Waals surface area (Å²) in [5, 5.41) is 9.09. The second kappa shape index (κ2) is 5.80. The van der Waals surface area contributed by atoms with Crippen LogP contribution in [-0.2, 0) is 10.0 Å². The molecule has 0 radical (unpaired) electrons. The lowest BCUT2D eigenvalue weighted by Gasteiger charge is -2.13. The molecule has 0 amide bonds. The third-order valence-electron chi connectivity index (χ3n) is 3.56. The summed E-state index contributed by atoms with van der Waals surface area (Å²) < 4.78 is 26.9. The average molecular weight is 298 g/mol. The van der Waals surface area contributed by atoms with E-state index in [-0.39, 0.29) is 16.1 Å². The van der Waals surface area contributed by atoms with Crippen molar-refractivity contribution >= 4 is 21.7 Å². The highest BCUT2D eigenvalue weighted by Crippen LogP contribution is 2.25. The first-order valence-electron chi connectivity index (χ1n) is 6.52. The van der Waals surface area contributed by atoms with Gasteiger partial charge in [-0.15, -0.1) is 0 Å². The number of carboxylic acid groups (broad SMARTS) is 1. The molecule has 1 aromatic carbocycles. The molecule has 20 heavy (non-hydrogen) atoms. The van der Waals surface area contributed by atoms with E-state index in [1.165, 1.54) is 12.1 Å². The van der Waals surface area contributed by atoms with Gasteiger partial charge in [0.25, 0.3) is 0 Å². The van der Waals surface area contributed by atoms with Crippen LogP contribution < -0.4 is 10.5 Å². The molecule has 1 saturated carbocycles. The summed E-state index contributed by atoms with van der Waals surface area (Å²) in [4.78, 5) is 10.9. The molecule has 4 N–H and O–H groups in total. The number of benzene rings is 1. The summed E-state index contributed by atoms with van der Waals surface area (Å²) in [5.41, 5.74) is 5.42. The Labute approximate surface area is 118 Å². The van der Waals surface area contributed by atoms with Crippen molar-refractivity contribution in [2.24, 2.45) is 5.92 Å². The predicted octanol–water partition coefficient (Wildman–Crippen LogP) is 1.44. The van der Waals surface area contributed by atoms with E-state index in [4.69, 9.17) is 10.8 Å². The molecule has 1 aliphatic carbocycles. The number of anilines is 1. The van der Waals surface area contributed by atoms with Gasteiger partial charge in [0.2, 0.25) is 10.0 Å². The van der Waals surface area contributed by atoms with E-state index in [2.05, 4.69) is 4.72 Å². The number of sulfonamides is 1. The van der Waals surface area contributed by atoms with Gasteiger partial charge >= 0.3 is 5.97 Å². The molecule has 0 aromatic heterocycles. The van der Waals surface area contributed by atoms with Crippen LogP contribution in [0, 0.1) is 5.92 Å². The van der Waals surface area contributed by atoms with Gasteiger partial charge in [-0.25, -0.2) is 17.9 Å². The molecule has 7 heteroatoms. The molecule has 2 rings (SSSR count). The third kappa shape index (κ3) is 3.29. The maximum atomic E-state index is 12.2. The van der Waals surface area contributed by atoms with Crippen molar-refractivity contribution in [3.63, 3.8) is 0 Å². The van der Waals surface area contributed by atoms with Crippen LogP contribution in [0.5, 0.6) is 0 Å². The highest BCUT2D eigenvalue weighted by atomic mass is 32.2. The van der Waals surface area contributed by atoms with E-state index in [0.717, 1.165) is 31.7 Å². The molecular formula is C13H18N2O4S. The lowest BCUT2D eigenvalue weighted by atomic mass is 10.1. The van der Waals surface area contributed by atoms with Crippen LogP contribution >= 0.6 is 0 Å². The molecule has 0 aliphatic heterocycles. The highest BCUT2D eigenvalue weighted by molar-refractivity contribution is 7.89. The molecule has 0 heterocycles. The van der Waals surface area contributed by atoms with Gasteiger partial charge in [0.05, 0.1) is 10.5 Å². The van der Waals surface area contributed by atoms with Gasteiger partial charge in [-0.05, 0) is 37.0 Å². The van der Waals surface area contributed by atoms with E-state index in [1.807, 2.05) is 0 Å². The molecule has 0 spiro atoms. The van der Waals surface area contributed by atoms with Crippen LogP contribution in [0.2, 0.25) is 0 Å². The normalized spacial score (nSPS) is 16.4. The predicted molar refractivity (Wildman–Crippen MR) is 75.0 cm³/mol. The van der Waals surface area contributed by atoms with Crippen LogP contribution in [0.1, 0.15) is 36.0 Å². The van der Waals surface area contributed by atoms with Gasteiger partial charge in [0.15, 0.2) is 0 Å². The summed E-state index contributed by atoms with van der Waals surface area (Å²) in [5.74, 6) is -0.967. The number of nitrogens with two attached hydrogens (primary N) is 1. The molecule has 6 nitrogen and oxygen atoms in total. The van der Waals surface area contributed by atoms with Crippen LogP contribution in [-0.4, -0.2) is 26.0 Å². The SMILES string of the molecule is Nc1ccc(S(=O)(=O)NCC2CCCC2)c(C(=O)O)c1. The van der Waals surface area contributed by atoms with Crippen LogP contribution in [0.3, 0.4) is 0 Å². The summed E-state index contributed by atoms with van der Waals surface area (Å²) in [7, 11) is -3.83. The monoisotopic (exact) mass is 298 g/mol. The Bertz CT molecular complexity index is 607. The molecule has 0 unspecified atom stereocenters. The first kappa shape index (κ1) is 14.8. The second-order valence-electron chi connectivity index (χ2n) is 5.06. The maximum absolute atomic E-state index is 12.2. The number of rotatable bonds is 5. The van der Waals surface area contributed by atoms with Crippen molar-refractivity contribution in [3.05, 3.63) is 23.8 Å². The Morgan fingerprint density at radius 1 is 1.35 bits per heavy atom. The number of aromatic carboxylic acids is 1. The number of nitrogen functional groups attached to an aromatic ring is 1. The number of nitrogens with one attached hydrogen (secondary N) is 1. The van der Waals surface area contributed by atoms with Gasteiger partial charge < -0.3 is 10.8 Å². The Hall–Kier alpha value is -1.60. The van der Waals surface area contributed by atoms with E-state index >= 15 is 0 Å². The zero-order valence-electron chi connectivity index (χ0n) is 11.0. The fourth-order valence-electron chi connectivity index (χ4n) is 2.47. The fraction of sp³-hybridized carbons (Fsp3) is 0.462. The summed E-state index contributed by atoms with van der Waals surface area (Å²) in [6.45, 7) is 0.353. The first-order chi connectivity index (χ1) is 9.40. The van der Waals surface area contributed by atoms with Gasteiger partial charge in [-0.2, -0.15) is 0 Å². The first-order valence-corrected chi connectivity index (χ1v) is 8.01. The van der Waals surface area contributed by atoms with E-state index in [1.54, 1.807) is 0 Å². The van der Waals surface area contributed by atoms with Crippen LogP contribution in [0.4, 0.5) is 5.69 Å². The van der Waals surface area contributed by atoms with Crippen molar-refractivity contribution in [2.45, 2.75) is 30.6 Å². The Morgan fingerprint density at radius 3 is 2.60 bits per heavy atom. The molecule has 0 atom stereocenters. The maximum Gasteiger partial charge on any atom is 0.337 e. The summed E-state index contributed by atoms with van der Waals surface area (Å²) in [6.07, 6.45) is 4.26. The number of hydrogen-bond acceptors (Lipinski definition) is 4. The molecule has 110 valence electrons. The zero-order valence-corrected chi connectivity index (χ0v) is 11.8. The van der Waals surface area contributed by atoms with Crippen LogP contribution in [0.15, 0.2) is 23.1 Å². The van der Waals surface area contributed by atoms with Crippen molar-refractivity contribution in [3.8, 4) is 0 Å². The minimum absolute atomic E-state index is 0.220. The highest BCUT2D eigenvalue weighted by Gasteiger charge is 2.24. The summed E-state index contributed by atoms with van der Waals surface area (Å²) in [6, 6.07) is 3.78. The van der Waals surface area contributed by atoms with Gasteiger partial charge in [-0.1, -0.05) is 12.8 Å². The van der Waals surface area contributed by atoms with Gasteiger partial charge in [-0.3, -0.25) is 0 Å². The summed E-state index contributed by atoms with van der Waals surface area (Å²) >= 11 is 0. The molecule has 1 fully saturated rings. The zero-order chi connectivity index (χ0) is 14.8. The minimum atomic E-state index is -3.83. The smallest absolute Gasteiger partial charge is 0.337 e. The van der Waals surface area contributed by atoms with E-state index in [0.29, 0.717) is 12.5 Å². The Balaban J connectivity index is 2.22. The van der Waals surface area contributed by atoms with Crippen molar-refractivity contribution in [1.82, 2.24) is 4.72 Å². The molecule has 0 bridgehead atoms. The molecule has 1 aromatic rings. The molecule has 1 aliphatic rings. The average Bonchev–Trinajstić information content (AvgIpc) is 2.89. The fourth-order valence-corrected chi connectivity index (χ4v) is 3.76. The van der Waals surface area contributed by atoms with Gasteiger partial charge in [0, 0.05) is 12.2 Å². The number of hydrogen-bond donors (Lipinski definition) is 3. The quantitative estimate of drug-likeness (QED) is 0.712. The molecule has 0 saturated heterocycles. The topological polar surface area (TPSA) is 109 Å². The van der Waals surface area contributed by atoms with Gasteiger partial charge in [0.1, 0.15) is 0 Å². The largest absolute Gasteiger partial charge is 0.478 e. The molecular weight excluding hydrogens is 280 g/mol. The van der Waals surface area contributed by atoms with Crippen molar-refractivity contribution < 1.29 is 18.3 Å². The Morgan fingerprint density at radius 2 is 2.00 bits per heavy atom. The van der Waals surface area contributed by atoms with E-state index in [9.17, 15) is 13.2 Å². The Kier molecular flexibility index (Phi) is 4.29. The van der Waals surface area contributed by atoms with E-state index < -0.39 is 16.0 Å². The standard InChI is InChI=1S/C13H18N2O4S/c14-10-5-6-12(11(7-10)13(16)17)20(18,19)15-8-9-3-1-2-4-9/h5-7,9,15H,1-4,8,14H2,(H,16,17). The lowest BCUT2D eigenvalue weighted by molar-refractivity contribution is 0.0692. The minimum Gasteiger partial charge on any atom is -0.478 e. The number of carboxylic acids is 1. The van der Waals surface area contributed by atoms with Crippen molar-refractivity contribution in [1.29, 1.82) is 0 Å². The number of carbonyl (C=O) groups is 1. The van der Waals surface area contributed by atoms with Crippen molar-refractivity contribution in [2.75, 3.05) is 12.3 Å². The lowest BCUT2D eigenvalue weighted by Crippen LogP contribution is -2.29. The third-order valence-corrected chi connectivity index (χ3v) is 5.04.